The van der Waals surface area contributed by atoms with Crippen LogP contribution in [-0.4, -0.2) is 39.7 Å². The normalized spacial score (nSPS) is 14.7. The van der Waals surface area contributed by atoms with Crippen molar-refractivity contribution < 1.29 is 22.2 Å². The van der Waals surface area contributed by atoms with Gasteiger partial charge in [0.05, 0.1) is 32.6 Å². The summed E-state index contributed by atoms with van der Waals surface area (Å²) in [5, 5.41) is 6.39. The van der Waals surface area contributed by atoms with Crippen LogP contribution < -0.4 is 5.14 Å². The van der Waals surface area contributed by atoms with Gasteiger partial charge in [0.15, 0.2) is 5.78 Å². The van der Waals surface area contributed by atoms with Crippen LogP contribution in [0.25, 0.3) is 10.9 Å². The number of nitrogens with two attached hydrogens (primary N) is 1. The van der Waals surface area contributed by atoms with Gasteiger partial charge in [-0.15, -0.1) is 0 Å². The van der Waals surface area contributed by atoms with E-state index in [1.807, 2.05) is 20.8 Å². The van der Waals surface area contributed by atoms with Crippen molar-refractivity contribution in [2.24, 2.45) is 10.6 Å². The van der Waals surface area contributed by atoms with Crippen molar-refractivity contribution in [3.63, 3.8) is 0 Å². The van der Waals surface area contributed by atoms with E-state index < -0.39 is 32.2 Å². The van der Waals surface area contributed by atoms with Crippen molar-refractivity contribution in [2.45, 2.75) is 43.5 Å². The molecular formula is C29H28ClN3O5S2. The lowest BCUT2D eigenvalue weighted by atomic mass is 9.93. The van der Waals surface area contributed by atoms with E-state index in [0.717, 1.165) is 5.56 Å². The summed E-state index contributed by atoms with van der Waals surface area (Å²) < 4.78 is 41.3. The fraction of sp³-hybridized carbons (Fsp3) is 0.241. The molecule has 5 rings (SSSR count). The first kappa shape index (κ1) is 28.2. The second-order valence-corrected chi connectivity index (χ2v) is 14.0. The van der Waals surface area contributed by atoms with E-state index >= 15 is 0 Å². The zero-order valence-corrected chi connectivity index (χ0v) is 24.6. The Morgan fingerprint density at radius 1 is 0.975 bits per heavy atom. The number of carbonyl (C=O) groups excluding carboxylic acids is 2. The number of carbonyl (C=O) groups is 2. The third-order valence-corrected chi connectivity index (χ3v) is 9.97. The Morgan fingerprint density at radius 2 is 1.62 bits per heavy atom. The molecule has 3 aromatic carbocycles. The van der Waals surface area contributed by atoms with Gasteiger partial charge in [-0.1, -0.05) is 62.7 Å². The molecule has 1 atom stereocenters. The monoisotopic (exact) mass is 597 g/mol. The maximum absolute atomic E-state index is 14.1. The van der Waals surface area contributed by atoms with E-state index in [1.54, 1.807) is 41.3 Å². The topological polar surface area (TPSA) is 120 Å². The summed E-state index contributed by atoms with van der Waals surface area (Å²) in [4.78, 5) is 28.6. The second kappa shape index (κ2) is 10.3. The Morgan fingerprint density at radius 3 is 2.27 bits per heavy atom. The van der Waals surface area contributed by atoms with Gasteiger partial charge in [0.25, 0.3) is 10.0 Å². The molecule has 1 aliphatic rings. The van der Waals surface area contributed by atoms with Crippen LogP contribution in [0.3, 0.4) is 0 Å². The zero-order chi connectivity index (χ0) is 29.0. The summed E-state index contributed by atoms with van der Waals surface area (Å²) in [5.74, 6) is -0.476. The van der Waals surface area contributed by atoms with E-state index in [9.17, 15) is 22.2 Å². The van der Waals surface area contributed by atoms with E-state index in [4.69, 9.17) is 16.7 Å². The highest BCUT2D eigenvalue weighted by molar-refractivity contribution is 7.90. The molecule has 208 valence electrons. The first-order valence-electron chi connectivity index (χ1n) is 12.6. The Labute approximate surface area is 240 Å². The maximum Gasteiger partial charge on any atom is 0.268 e. The Balaban J connectivity index is 1.71. The number of rotatable bonds is 5. The smallest absolute Gasteiger partial charge is 0.268 e. The molecular weight excluding hydrogens is 570 g/mol. The van der Waals surface area contributed by atoms with Crippen molar-refractivity contribution >= 4 is 55.2 Å². The first-order valence-corrected chi connectivity index (χ1v) is 15.6. The molecule has 0 saturated heterocycles. The SMILES string of the molecule is CC(C)(C)C(=O)N1CCc2c(n(S(=O)(=O)c3ccccc3)c3cc(C(=O)c4ccc(Cl)c(S(N)=O)c4)ccc23)C1. The summed E-state index contributed by atoms with van der Waals surface area (Å²) in [6.07, 6.45) is 0.473. The number of fused-ring (bicyclic) bond motifs is 3. The highest BCUT2D eigenvalue weighted by Gasteiger charge is 2.35. The van der Waals surface area contributed by atoms with Crippen LogP contribution in [0.2, 0.25) is 5.02 Å². The van der Waals surface area contributed by atoms with Gasteiger partial charge in [-0.05, 0) is 48.4 Å². The van der Waals surface area contributed by atoms with Crippen LogP contribution >= 0.6 is 11.6 Å². The van der Waals surface area contributed by atoms with Gasteiger partial charge in [0.1, 0.15) is 11.0 Å². The summed E-state index contributed by atoms with van der Waals surface area (Å²) in [7, 11) is -5.98. The van der Waals surface area contributed by atoms with Gasteiger partial charge < -0.3 is 4.90 Å². The number of hydrogen-bond donors (Lipinski definition) is 1. The van der Waals surface area contributed by atoms with Gasteiger partial charge in [-0.2, -0.15) is 0 Å². The second-order valence-electron chi connectivity index (χ2n) is 10.7. The molecule has 0 fully saturated rings. The molecule has 0 saturated carbocycles. The van der Waals surface area contributed by atoms with Crippen molar-refractivity contribution in [2.75, 3.05) is 6.54 Å². The Bertz CT molecular complexity index is 1810. The minimum absolute atomic E-state index is 0.0706. The average Bonchev–Trinajstić information content (AvgIpc) is 3.25. The van der Waals surface area contributed by atoms with Crippen molar-refractivity contribution in [3.8, 4) is 0 Å². The standard InChI is InChI=1S/C29H28ClN3O5S2/c1-29(2,3)28(35)32-14-13-22-21-11-9-18(27(34)19-10-12-23(30)26(16-19)39(31)36)15-24(21)33(25(22)17-32)40(37,38)20-7-5-4-6-8-20/h4-12,15-16H,13-14,17,31H2,1-3H3. The minimum atomic E-state index is -4.09. The predicted molar refractivity (Wildman–Crippen MR) is 155 cm³/mol. The third-order valence-electron chi connectivity index (χ3n) is 6.99. The van der Waals surface area contributed by atoms with Crippen LogP contribution in [0.15, 0.2) is 76.5 Å². The average molecular weight is 598 g/mol. The van der Waals surface area contributed by atoms with Crippen LogP contribution in [0.1, 0.15) is 48.0 Å². The number of halogens is 1. The minimum Gasteiger partial charge on any atom is -0.336 e. The molecule has 1 amide bonds. The molecule has 4 aromatic rings. The summed E-state index contributed by atoms with van der Waals surface area (Å²) in [6.45, 7) is 6.08. The molecule has 1 aromatic heterocycles. The van der Waals surface area contributed by atoms with E-state index in [2.05, 4.69) is 0 Å². The molecule has 2 N–H and O–H groups in total. The summed E-state index contributed by atoms with van der Waals surface area (Å²) in [6, 6.07) is 17.4. The van der Waals surface area contributed by atoms with E-state index in [1.165, 1.54) is 34.3 Å². The number of aromatic nitrogens is 1. The largest absolute Gasteiger partial charge is 0.336 e. The molecule has 40 heavy (non-hydrogen) atoms. The predicted octanol–water partition coefficient (Wildman–Crippen LogP) is 4.67. The fourth-order valence-corrected chi connectivity index (χ4v) is 7.48. The van der Waals surface area contributed by atoms with E-state index in [0.29, 0.717) is 29.6 Å². The zero-order valence-electron chi connectivity index (χ0n) is 22.2. The van der Waals surface area contributed by atoms with Crippen molar-refractivity contribution in [1.82, 2.24) is 8.87 Å². The molecule has 0 spiro atoms. The van der Waals surface area contributed by atoms with Gasteiger partial charge in [-0.25, -0.2) is 21.7 Å². The van der Waals surface area contributed by atoms with Gasteiger partial charge in [0.2, 0.25) is 5.91 Å². The quantitative estimate of drug-likeness (QED) is 0.335. The number of nitrogens with zero attached hydrogens (tertiary/aromatic N) is 2. The highest BCUT2D eigenvalue weighted by atomic mass is 35.5. The summed E-state index contributed by atoms with van der Waals surface area (Å²) in [5.41, 5.74) is 1.51. The lowest BCUT2D eigenvalue weighted by molar-refractivity contribution is -0.140. The molecule has 0 radical (unpaired) electrons. The maximum atomic E-state index is 14.1. The molecule has 11 heteroatoms. The molecule has 1 aliphatic heterocycles. The lowest BCUT2D eigenvalue weighted by Crippen LogP contribution is -2.43. The number of amides is 1. The molecule has 1 unspecified atom stereocenters. The van der Waals surface area contributed by atoms with Gasteiger partial charge >= 0.3 is 0 Å². The van der Waals surface area contributed by atoms with Crippen LogP contribution in [0.4, 0.5) is 0 Å². The molecule has 0 bridgehead atoms. The fourth-order valence-electron chi connectivity index (χ4n) is 5.05. The van der Waals surface area contributed by atoms with Crippen LogP contribution in [-0.2, 0) is 38.8 Å². The van der Waals surface area contributed by atoms with Crippen LogP contribution in [0, 0.1) is 5.41 Å². The van der Waals surface area contributed by atoms with Gasteiger partial charge in [0, 0.05) is 28.5 Å². The third kappa shape index (κ3) is 4.89. The molecule has 0 aliphatic carbocycles. The van der Waals surface area contributed by atoms with Crippen LogP contribution in [0.5, 0.6) is 0 Å². The highest BCUT2D eigenvalue weighted by Crippen LogP contribution is 2.36. The van der Waals surface area contributed by atoms with E-state index in [-0.39, 0.29) is 38.4 Å². The lowest BCUT2D eigenvalue weighted by Gasteiger charge is -2.33. The Hall–Kier alpha value is -3.31. The number of ketones is 1. The molecule has 2 heterocycles. The van der Waals surface area contributed by atoms with Crippen molar-refractivity contribution in [3.05, 3.63) is 94.1 Å². The molecule has 8 nitrogen and oxygen atoms in total. The first-order chi connectivity index (χ1) is 18.8. The Kier molecular flexibility index (Phi) is 7.24. The van der Waals surface area contributed by atoms with Crippen molar-refractivity contribution in [1.29, 1.82) is 0 Å². The number of benzene rings is 3. The summed E-state index contributed by atoms with van der Waals surface area (Å²) >= 11 is 6.09. The van der Waals surface area contributed by atoms with Gasteiger partial charge in [-0.3, -0.25) is 9.59 Å². The number of hydrogen-bond acceptors (Lipinski definition) is 5.